The Morgan fingerprint density at radius 1 is 1.29 bits per heavy atom. The summed E-state index contributed by atoms with van der Waals surface area (Å²) < 4.78 is 28.2. The van der Waals surface area contributed by atoms with E-state index in [4.69, 9.17) is 0 Å². The smallest absolute Gasteiger partial charge is 0.149 e. The van der Waals surface area contributed by atoms with E-state index in [9.17, 15) is 8.78 Å². The standard InChI is InChI=1S/C11H12F2N4/c1-7-3-10(13)11(4-9(7)12)17-6-8(5-14-2)15-16-17/h3-4,6,14H,5H2,1-2H3. The van der Waals surface area contributed by atoms with Crippen LogP contribution in [0.4, 0.5) is 8.78 Å². The monoisotopic (exact) mass is 238 g/mol. The summed E-state index contributed by atoms with van der Waals surface area (Å²) in [6.45, 7) is 2.03. The SMILES string of the molecule is CNCc1cn(-c2cc(F)c(C)cc2F)nn1. The molecule has 6 heteroatoms. The Kier molecular flexibility index (Phi) is 3.14. The second-order valence-electron chi connectivity index (χ2n) is 3.74. The normalized spacial score (nSPS) is 10.8. The van der Waals surface area contributed by atoms with Gasteiger partial charge in [0.2, 0.25) is 0 Å². The maximum atomic E-state index is 13.6. The Morgan fingerprint density at radius 2 is 2.06 bits per heavy atom. The van der Waals surface area contributed by atoms with Crippen molar-refractivity contribution in [3.05, 3.63) is 41.2 Å². The molecule has 0 saturated heterocycles. The van der Waals surface area contributed by atoms with Gasteiger partial charge in [-0.15, -0.1) is 5.10 Å². The van der Waals surface area contributed by atoms with Crippen LogP contribution in [0.3, 0.4) is 0 Å². The molecule has 1 aromatic carbocycles. The predicted molar refractivity (Wildman–Crippen MR) is 58.8 cm³/mol. The number of aryl methyl sites for hydroxylation is 1. The van der Waals surface area contributed by atoms with Gasteiger partial charge in [0, 0.05) is 12.6 Å². The average molecular weight is 238 g/mol. The lowest BCUT2D eigenvalue weighted by molar-refractivity contribution is 0.578. The fourth-order valence-corrected chi connectivity index (χ4v) is 1.49. The Balaban J connectivity index is 2.41. The zero-order valence-electron chi connectivity index (χ0n) is 9.54. The van der Waals surface area contributed by atoms with Crippen LogP contribution in [0, 0.1) is 18.6 Å². The summed E-state index contributed by atoms with van der Waals surface area (Å²) in [4.78, 5) is 0. The first kappa shape index (κ1) is 11.7. The van der Waals surface area contributed by atoms with Gasteiger partial charge in [-0.25, -0.2) is 13.5 Å². The molecule has 90 valence electrons. The van der Waals surface area contributed by atoms with Gasteiger partial charge in [0.05, 0.1) is 11.9 Å². The van der Waals surface area contributed by atoms with E-state index in [2.05, 4.69) is 15.6 Å². The number of nitrogens with one attached hydrogen (secondary N) is 1. The summed E-state index contributed by atoms with van der Waals surface area (Å²) >= 11 is 0. The Bertz CT molecular complexity index is 536. The molecule has 0 saturated carbocycles. The summed E-state index contributed by atoms with van der Waals surface area (Å²) in [5, 5.41) is 10.5. The highest BCUT2D eigenvalue weighted by molar-refractivity contribution is 5.36. The average Bonchev–Trinajstić information content (AvgIpc) is 2.72. The Morgan fingerprint density at radius 3 is 2.76 bits per heavy atom. The molecule has 17 heavy (non-hydrogen) atoms. The highest BCUT2D eigenvalue weighted by Gasteiger charge is 2.11. The molecule has 0 unspecified atom stereocenters. The van der Waals surface area contributed by atoms with Gasteiger partial charge in [-0.3, -0.25) is 0 Å². The summed E-state index contributed by atoms with van der Waals surface area (Å²) in [7, 11) is 1.77. The molecule has 4 nitrogen and oxygen atoms in total. The molecular formula is C11H12F2N4. The lowest BCUT2D eigenvalue weighted by atomic mass is 10.2. The molecule has 0 bridgehead atoms. The molecule has 1 N–H and O–H groups in total. The Labute approximate surface area is 97.3 Å². The first-order valence-corrected chi connectivity index (χ1v) is 5.13. The second kappa shape index (κ2) is 4.58. The highest BCUT2D eigenvalue weighted by Crippen LogP contribution is 2.17. The van der Waals surface area contributed by atoms with Gasteiger partial charge in [-0.1, -0.05) is 5.21 Å². The van der Waals surface area contributed by atoms with E-state index in [1.165, 1.54) is 11.6 Å². The number of hydrogen-bond donors (Lipinski definition) is 1. The van der Waals surface area contributed by atoms with Crippen LogP contribution in [0.5, 0.6) is 0 Å². The van der Waals surface area contributed by atoms with Crippen LogP contribution in [0.2, 0.25) is 0 Å². The van der Waals surface area contributed by atoms with Crippen LogP contribution in [-0.4, -0.2) is 22.0 Å². The topological polar surface area (TPSA) is 42.7 Å². The van der Waals surface area contributed by atoms with Crippen molar-refractivity contribution in [2.24, 2.45) is 0 Å². The van der Waals surface area contributed by atoms with Gasteiger partial charge < -0.3 is 5.32 Å². The zero-order chi connectivity index (χ0) is 12.4. The first-order valence-electron chi connectivity index (χ1n) is 5.13. The van der Waals surface area contributed by atoms with E-state index in [0.29, 0.717) is 12.2 Å². The van der Waals surface area contributed by atoms with Crippen molar-refractivity contribution >= 4 is 0 Å². The quantitative estimate of drug-likeness (QED) is 0.882. The highest BCUT2D eigenvalue weighted by atomic mass is 19.1. The molecule has 0 amide bonds. The zero-order valence-corrected chi connectivity index (χ0v) is 9.54. The molecule has 0 radical (unpaired) electrons. The van der Waals surface area contributed by atoms with E-state index in [0.717, 1.165) is 12.1 Å². The van der Waals surface area contributed by atoms with Crippen LogP contribution in [0.25, 0.3) is 5.69 Å². The van der Waals surface area contributed by atoms with Crippen molar-refractivity contribution in [2.45, 2.75) is 13.5 Å². The van der Waals surface area contributed by atoms with Crippen molar-refractivity contribution in [3.63, 3.8) is 0 Å². The van der Waals surface area contributed by atoms with E-state index in [1.807, 2.05) is 0 Å². The van der Waals surface area contributed by atoms with Gasteiger partial charge in [-0.2, -0.15) is 0 Å². The maximum Gasteiger partial charge on any atom is 0.149 e. The van der Waals surface area contributed by atoms with Gasteiger partial charge in [0.25, 0.3) is 0 Å². The van der Waals surface area contributed by atoms with E-state index in [-0.39, 0.29) is 11.3 Å². The fourth-order valence-electron chi connectivity index (χ4n) is 1.49. The minimum absolute atomic E-state index is 0.0583. The van der Waals surface area contributed by atoms with Crippen molar-refractivity contribution in [1.82, 2.24) is 20.3 Å². The van der Waals surface area contributed by atoms with Gasteiger partial charge >= 0.3 is 0 Å². The number of aromatic nitrogens is 3. The predicted octanol–water partition coefficient (Wildman–Crippen LogP) is 1.57. The number of benzene rings is 1. The molecule has 0 aliphatic carbocycles. The molecule has 2 aromatic rings. The largest absolute Gasteiger partial charge is 0.314 e. The molecule has 0 spiro atoms. The summed E-state index contributed by atoms with van der Waals surface area (Å²) in [6, 6.07) is 2.26. The molecule has 0 fully saturated rings. The van der Waals surface area contributed by atoms with Crippen LogP contribution in [0.15, 0.2) is 18.3 Å². The lowest BCUT2D eigenvalue weighted by Gasteiger charge is -2.04. The van der Waals surface area contributed by atoms with Crippen LogP contribution in [-0.2, 0) is 6.54 Å². The number of halogens is 2. The third-order valence-electron chi connectivity index (χ3n) is 2.37. The molecule has 1 aromatic heterocycles. The van der Waals surface area contributed by atoms with Crippen LogP contribution in [0.1, 0.15) is 11.3 Å². The lowest BCUT2D eigenvalue weighted by Crippen LogP contribution is -2.05. The third-order valence-corrected chi connectivity index (χ3v) is 2.37. The minimum Gasteiger partial charge on any atom is -0.314 e. The Hall–Kier alpha value is -1.82. The van der Waals surface area contributed by atoms with Gasteiger partial charge in [0.15, 0.2) is 0 Å². The number of rotatable bonds is 3. The van der Waals surface area contributed by atoms with E-state index >= 15 is 0 Å². The van der Waals surface area contributed by atoms with Gasteiger partial charge in [-0.05, 0) is 25.6 Å². The molecule has 0 atom stereocenters. The van der Waals surface area contributed by atoms with Crippen molar-refractivity contribution in [2.75, 3.05) is 7.05 Å². The maximum absolute atomic E-state index is 13.6. The summed E-state index contributed by atoms with van der Waals surface area (Å²) in [5.74, 6) is -0.989. The van der Waals surface area contributed by atoms with Crippen molar-refractivity contribution in [3.8, 4) is 5.69 Å². The number of hydrogen-bond acceptors (Lipinski definition) is 3. The fraction of sp³-hybridized carbons (Fsp3) is 0.273. The van der Waals surface area contributed by atoms with Gasteiger partial charge in [0.1, 0.15) is 17.3 Å². The molecule has 0 aliphatic rings. The minimum atomic E-state index is -0.523. The second-order valence-corrected chi connectivity index (χ2v) is 3.74. The summed E-state index contributed by atoms with van der Waals surface area (Å²) in [6.07, 6.45) is 1.56. The summed E-state index contributed by atoms with van der Waals surface area (Å²) in [5.41, 5.74) is 0.984. The molecule has 1 heterocycles. The molecule has 2 rings (SSSR count). The molecular weight excluding hydrogens is 226 g/mol. The van der Waals surface area contributed by atoms with Crippen LogP contribution < -0.4 is 5.32 Å². The first-order chi connectivity index (χ1) is 8.11. The van der Waals surface area contributed by atoms with E-state index < -0.39 is 11.6 Å². The molecule has 0 aliphatic heterocycles. The third kappa shape index (κ3) is 2.31. The van der Waals surface area contributed by atoms with Crippen molar-refractivity contribution < 1.29 is 8.78 Å². The van der Waals surface area contributed by atoms with E-state index in [1.54, 1.807) is 13.2 Å². The van der Waals surface area contributed by atoms with Crippen LogP contribution >= 0.6 is 0 Å². The number of nitrogens with zero attached hydrogens (tertiary/aromatic N) is 3. The van der Waals surface area contributed by atoms with Crippen molar-refractivity contribution in [1.29, 1.82) is 0 Å².